The fraction of sp³-hybridized carbons (Fsp3) is 0.182. The first-order valence-corrected chi connectivity index (χ1v) is 8.53. The Hall–Kier alpha value is -2.78. The number of aromatic nitrogens is 1. The van der Waals surface area contributed by atoms with E-state index < -0.39 is 5.54 Å². The van der Waals surface area contributed by atoms with Gasteiger partial charge in [0.05, 0.1) is 22.3 Å². The van der Waals surface area contributed by atoms with E-state index in [9.17, 15) is 5.21 Å². The Morgan fingerprint density at radius 3 is 1.68 bits per heavy atom. The second-order valence-electron chi connectivity index (χ2n) is 7.35. The van der Waals surface area contributed by atoms with Crippen LogP contribution in [0.15, 0.2) is 72.8 Å². The van der Waals surface area contributed by atoms with Crippen molar-refractivity contribution in [2.45, 2.75) is 26.3 Å². The van der Waals surface area contributed by atoms with Crippen LogP contribution < -0.4 is 5.06 Å². The lowest BCUT2D eigenvalue weighted by Crippen LogP contribution is -2.37. The molecule has 0 atom stereocenters. The molecule has 1 aromatic heterocycles. The van der Waals surface area contributed by atoms with E-state index in [1.807, 2.05) is 45.0 Å². The van der Waals surface area contributed by atoms with E-state index in [1.165, 1.54) is 21.8 Å². The highest BCUT2D eigenvalue weighted by molar-refractivity contribution is 6.09. The predicted octanol–water partition coefficient (Wildman–Crippen LogP) is 5.73. The summed E-state index contributed by atoms with van der Waals surface area (Å²) in [6.07, 6.45) is 0. The smallest absolute Gasteiger partial charge is 0.0675 e. The first kappa shape index (κ1) is 15.7. The topological polar surface area (TPSA) is 28.1 Å². The van der Waals surface area contributed by atoms with Gasteiger partial charge >= 0.3 is 0 Å². The lowest BCUT2D eigenvalue weighted by Gasteiger charge is -2.28. The maximum absolute atomic E-state index is 12.4. The molecular formula is C22H21N2O. The van der Waals surface area contributed by atoms with Crippen LogP contribution in [0.1, 0.15) is 20.8 Å². The summed E-state index contributed by atoms with van der Waals surface area (Å²) in [5.74, 6) is 0. The zero-order valence-corrected chi connectivity index (χ0v) is 14.7. The van der Waals surface area contributed by atoms with E-state index in [0.717, 1.165) is 10.8 Å². The Morgan fingerprint density at radius 1 is 0.720 bits per heavy atom. The van der Waals surface area contributed by atoms with Gasteiger partial charge in [0.2, 0.25) is 0 Å². The summed E-state index contributed by atoms with van der Waals surface area (Å²) >= 11 is 0. The molecule has 3 heteroatoms. The van der Waals surface area contributed by atoms with Crippen molar-refractivity contribution in [1.29, 1.82) is 0 Å². The highest BCUT2D eigenvalue weighted by Crippen LogP contribution is 2.32. The van der Waals surface area contributed by atoms with E-state index >= 15 is 0 Å². The van der Waals surface area contributed by atoms with Gasteiger partial charge in [-0.3, -0.25) is 0 Å². The minimum Gasteiger partial charge on any atom is -0.309 e. The van der Waals surface area contributed by atoms with Crippen molar-refractivity contribution in [2.75, 3.05) is 5.06 Å². The van der Waals surface area contributed by atoms with Crippen molar-refractivity contribution in [3.8, 4) is 5.69 Å². The largest absolute Gasteiger partial charge is 0.309 e. The second-order valence-corrected chi connectivity index (χ2v) is 7.35. The Bertz CT molecular complexity index is 986. The summed E-state index contributed by atoms with van der Waals surface area (Å²) in [5, 5.41) is 15.9. The lowest BCUT2D eigenvalue weighted by atomic mass is 10.1. The van der Waals surface area contributed by atoms with Crippen LogP contribution in [0.3, 0.4) is 0 Å². The predicted molar refractivity (Wildman–Crippen MR) is 104 cm³/mol. The molecule has 25 heavy (non-hydrogen) atoms. The van der Waals surface area contributed by atoms with Crippen LogP contribution >= 0.6 is 0 Å². The molecule has 3 nitrogen and oxygen atoms in total. The van der Waals surface area contributed by atoms with E-state index in [4.69, 9.17) is 0 Å². The van der Waals surface area contributed by atoms with Gasteiger partial charge in [-0.2, -0.15) is 0 Å². The summed E-state index contributed by atoms with van der Waals surface area (Å²) in [7, 11) is 0. The number of para-hydroxylation sites is 2. The van der Waals surface area contributed by atoms with E-state index in [1.54, 1.807) is 0 Å². The van der Waals surface area contributed by atoms with Crippen LogP contribution in [0.5, 0.6) is 0 Å². The molecule has 1 heterocycles. The van der Waals surface area contributed by atoms with Crippen LogP contribution in [0.25, 0.3) is 27.5 Å². The van der Waals surface area contributed by atoms with Crippen molar-refractivity contribution in [2.24, 2.45) is 0 Å². The first-order valence-electron chi connectivity index (χ1n) is 8.53. The highest BCUT2D eigenvalue weighted by atomic mass is 16.5. The standard InChI is InChI=1S/C22H21N2O/c1-22(2,3)24(25)17-14-12-16(13-15-17)23-20-10-6-4-8-18(20)19-9-5-7-11-21(19)23/h4-15H,1-3H3. The fourth-order valence-electron chi connectivity index (χ4n) is 3.33. The Balaban J connectivity index is 1.90. The molecule has 0 N–H and O–H groups in total. The maximum atomic E-state index is 12.4. The van der Waals surface area contributed by atoms with Crippen LogP contribution in [0.2, 0.25) is 0 Å². The quantitative estimate of drug-likeness (QED) is 0.431. The number of nitrogens with zero attached hydrogens (tertiary/aromatic N) is 2. The number of hydroxylamine groups is 1. The molecule has 1 radical (unpaired) electrons. The van der Waals surface area contributed by atoms with E-state index in [0.29, 0.717) is 5.69 Å². The third-order valence-electron chi connectivity index (χ3n) is 4.53. The molecule has 125 valence electrons. The van der Waals surface area contributed by atoms with E-state index in [-0.39, 0.29) is 0 Å². The number of benzene rings is 3. The molecule has 0 aliphatic rings. The summed E-state index contributed by atoms with van der Waals surface area (Å²) in [4.78, 5) is 0. The van der Waals surface area contributed by atoms with Gasteiger partial charge in [-0.25, -0.2) is 5.06 Å². The lowest BCUT2D eigenvalue weighted by molar-refractivity contribution is 0.102. The summed E-state index contributed by atoms with van der Waals surface area (Å²) < 4.78 is 2.25. The van der Waals surface area contributed by atoms with Crippen molar-refractivity contribution in [1.82, 2.24) is 4.57 Å². The van der Waals surface area contributed by atoms with Crippen molar-refractivity contribution in [3.05, 3.63) is 72.8 Å². The Labute approximate surface area is 147 Å². The monoisotopic (exact) mass is 329 g/mol. The summed E-state index contributed by atoms with van der Waals surface area (Å²) in [6.45, 7) is 5.75. The van der Waals surface area contributed by atoms with Gasteiger partial charge in [0.1, 0.15) is 0 Å². The van der Waals surface area contributed by atoms with Crippen LogP contribution in [-0.4, -0.2) is 10.1 Å². The minimum absolute atomic E-state index is 0.450. The molecule has 0 bridgehead atoms. The van der Waals surface area contributed by atoms with E-state index in [2.05, 4.69) is 53.1 Å². The molecule has 0 amide bonds. The number of rotatable bonds is 2. The molecule has 0 unspecified atom stereocenters. The SMILES string of the molecule is CC(C)(C)N([O])c1ccc(-n2c3ccccc3c3ccccc32)cc1. The third-order valence-corrected chi connectivity index (χ3v) is 4.53. The maximum Gasteiger partial charge on any atom is 0.0675 e. The van der Waals surface area contributed by atoms with Gasteiger partial charge < -0.3 is 4.57 Å². The number of fused-ring (bicyclic) bond motifs is 3. The molecule has 0 saturated carbocycles. The molecule has 0 aliphatic carbocycles. The molecule has 4 aromatic rings. The van der Waals surface area contributed by atoms with Gasteiger partial charge in [0, 0.05) is 16.5 Å². The van der Waals surface area contributed by atoms with Gasteiger partial charge in [-0.15, -0.1) is 0 Å². The fourth-order valence-corrected chi connectivity index (χ4v) is 3.33. The number of hydrogen-bond acceptors (Lipinski definition) is 1. The minimum atomic E-state index is -0.450. The molecule has 4 rings (SSSR count). The summed E-state index contributed by atoms with van der Waals surface area (Å²) in [5.41, 5.74) is 3.63. The van der Waals surface area contributed by atoms with Gasteiger partial charge in [0.25, 0.3) is 0 Å². The molecule has 0 spiro atoms. The molecule has 0 saturated heterocycles. The molecule has 0 aliphatic heterocycles. The van der Waals surface area contributed by atoms with Gasteiger partial charge in [-0.05, 0) is 57.2 Å². The Morgan fingerprint density at radius 2 is 1.20 bits per heavy atom. The zero-order chi connectivity index (χ0) is 17.6. The molecule has 3 aromatic carbocycles. The average molecular weight is 329 g/mol. The van der Waals surface area contributed by atoms with Crippen molar-refractivity contribution >= 4 is 27.5 Å². The van der Waals surface area contributed by atoms with Crippen molar-refractivity contribution in [3.63, 3.8) is 0 Å². The second kappa shape index (κ2) is 5.64. The molecular weight excluding hydrogens is 308 g/mol. The molecule has 0 fully saturated rings. The van der Waals surface area contributed by atoms with Crippen LogP contribution in [0, 0.1) is 0 Å². The first-order chi connectivity index (χ1) is 12.0. The zero-order valence-electron chi connectivity index (χ0n) is 14.7. The average Bonchev–Trinajstić information content (AvgIpc) is 2.95. The summed E-state index contributed by atoms with van der Waals surface area (Å²) in [6, 6.07) is 24.7. The van der Waals surface area contributed by atoms with Gasteiger partial charge in [-0.1, -0.05) is 41.6 Å². The third kappa shape index (κ3) is 2.57. The highest BCUT2D eigenvalue weighted by Gasteiger charge is 2.21. The van der Waals surface area contributed by atoms with Crippen LogP contribution in [0.4, 0.5) is 5.69 Å². The Kier molecular flexibility index (Phi) is 3.55. The van der Waals surface area contributed by atoms with Crippen LogP contribution in [-0.2, 0) is 5.21 Å². The number of anilines is 1. The normalized spacial score (nSPS) is 12.0. The van der Waals surface area contributed by atoms with Crippen molar-refractivity contribution < 1.29 is 5.21 Å². The number of hydrogen-bond donors (Lipinski definition) is 0. The van der Waals surface area contributed by atoms with Gasteiger partial charge in [0.15, 0.2) is 0 Å².